The van der Waals surface area contributed by atoms with Crippen LogP contribution in [0, 0.1) is 0 Å². The molecule has 3 nitrogen and oxygen atoms in total. The molecule has 17 heavy (non-hydrogen) atoms. The average Bonchev–Trinajstić information content (AvgIpc) is 2.44. The minimum Gasteiger partial charge on any atom is -0.314 e. The Kier molecular flexibility index (Phi) is 7.32. The zero-order chi connectivity index (χ0) is 12.7. The number of nitrogens with one attached hydrogen (secondary N) is 2. The summed E-state index contributed by atoms with van der Waals surface area (Å²) in [7, 11) is -0.700. The number of hydrogen-bond acceptors (Lipinski definition) is 3. The van der Waals surface area contributed by atoms with Gasteiger partial charge in [-0.15, -0.1) is 0 Å². The quantitative estimate of drug-likeness (QED) is 0.763. The second-order valence-corrected chi connectivity index (χ2v) is 6.92. The molecule has 1 aliphatic heterocycles. The molecule has 1 heterocycles. The molecule has 1 aliphatic rings. The van der Waals surface area contributed by atoms with Crippen LogP contribution >= 0.6 is 0 Å². The Morgan fingerprint density at radius 2 is 2.06 bits per heavy atom. The summed E-state index contributed by atoms with van der Waals surface area (Å²) in [6.45, 7) is 5.53. The molecule has 0 radical (unpaired) electrons. The van der Waals surface area contributed by atoms with Gasteiger partial charge in [-0.05, 0) is 39.7 Å². The van der Waals surface area contributed by atoms with E-state index in [9.17, 15) is 4.21 Å². The Bertz CT molecular complexity index is 227. The van der Waals surface area contributed by atoms with E-state index in [1.165, 1.54) is 38.6 Å². The highest BCUT2D eigenvalue weighted by Crippen LogP contribution is 2.12. The van der Waals surface area contributed by atoms with E-state index in [0.29, 0.717) is 18.1 Å². The van der Waals surface area contributed by atoms with Gasteiger partial charge in [0.25, 0.3) is 0 Å². The number of rotatable bonds is 6. The molecule has 0 aromatic heterocycles. The largest absolute Gasteiger partial charge is 0.314 e. The second kappa shape index (κ2) is 8.22. The molecule has 0 spiro atoms. The zero-order valence-electron chi connectivity index (χ0n) is 11.5. The molecule has 0 aromatic rings. The summed E-state index contributed by atoms with van der Waals surface area (Å²) >= 11 is 0. The molecule has 1 fully saturated rings. The van der Waals surface area contributed by atoms with Crippen molar-refractivity contribution in [1.29, 1.82) is 0 Å². The van der Waals surface area contributed by atoms with Crippen molar-refractivity contribution in [3.63, 3.8) is 0 Å². The van der Waals surface area contributed by atoms with Crippen LogP contribution in [0.25, 0.3) is 0 Å². The van der Waals surface area contributed by atoms with Crippen molar-refractivity contribution in [2.24, 2.45) is 0 Å². The second-order valence-electron chi connectivity index (χ2n) is 5.44. The van der Waals surface area contributed by atoms with Crippen molar-refractivity contribution in [2.75, 3.05) is 18.6 Å². The third kappa shape index (κ3) is 7.17. The molecule has 0 saturated carbocycles. The summed E-state index contributed by atoms with van der Waals surface area (Å²) in [5, 5.41) is 7.17. The van der Waals surface area contributed by atoms with Gasteiger partial charge in [-0.3, -0.25) is 4.21 Å². The maximum absolute atomic E-state index is 11.1. The molecular formula is C13H28N2OS. The molecule has 1 saturated heterocycles. The van der Waals surface area contributed by atoms with Crippen molar-refractivity contribution in [3.05, 3.63) is 0 Å². The van der Waals surface area contributed by atoms with E-state index < -0.39 is 10.8 Å². The Morgan fingerprint density at radius 3 is 2.76 bits per heavy atom. The molecule has 1 rings (SSSR count). The topological polar surface area (TPSA) is 41.1 Å². The molecule has 4 heteroatoms. The lowest BCUT2D eigenvalue weighted by molar-refractivity contribution is 0.386. The summed E-state index contributed by atoms with van der Waals surface area (Å²) < 4.78 is 11.1. The van der Waals surface area contributed by atoms with Crippen LogP contribution in [0.15, 0.2) is 0 Å². The first-order valence-corrected chi connectivity index (χ1v) is 8.60. The van der Waals surface area contributed by atoms with Gasteiger partial charge in [0.2, 0.25) is 0 Å². The first kappa shape index (κ1) is 15.1. The third-order valence-electron chi connectivity index (χ3n) is 3.35. The summed E-state index contributed by atoms with van der Waals surface area (Å²) in [5.74, 6) is 0.752. The van der Waals surface area contributed by atoms with Gasteiger partial charge in [0.15, 0.2) is 0 Å². The van der Waals surface area contributed by atoms with Crippen molar-refractivity contribution >= 4 is 10.8 Å². The predicted octanol–water partition coefficient (Wildman–Crippen LogP) is 1.65. The Labute approximate surface area is 109 Å². The third-order valence-corrected chi connectivity index (χ3v) is 4.32. The van der Waals surface area contributed by atoms with Crippen LogP contribution in [0.5, 0.6) is 0 Å². The van der Waals surface area contributed by atoms with Gasteiger partial charge in [0, 0.05) is 40.9 Å². The van der Waals surface area contributed by atoms with Crippen LogP contribution in [0.2, 0.25) is 0 Å². The summed E-state index contributed by atoms with van der Waals surface area (Å²) in [4.78, 5) is 0. The molecular weight excluding hydrogens is 232 g/mol. The molecule has 0 bridgehead atoms. The molecule has 0 amide bonds. The van der Waals surface area contributed by atoms with Gasteiger partial charge in [-0.2, -0.15) is 0 Å². The summed E-state index contributed by atoms with van der Waals surface area (Å²) in [5.41, 5.74) is 0. The van der Waals surface area contributed by atoms with Gasteiger partial charge in [0.05, 0.1) is 0 Å². The first-order valence-electron chi connectivity index (χ1n) is 6.87. The van der Waals surface area contributed by atoms with E-state index in [2.05, 4.69) is 24.5 Å². The van der Waals surface area contributed by atoms with Crippen molar-refractivity contribution in [1.82, 2.24) is 10.6 Å². The van der Waals surface area contributed by atoms with Crippen LogP contribution in [0.1, 0.15) is 46.0 Å². The van der Waals surface area contributed by atoms with E-state index in [1.807, 2.05) is 0 Å². The molecule has 102 valence electrons. The fourth-order valence-corrected chi connectivity index (χ4v) is 3.48. The minimum absolute atomic E-state index is 0.349. The predicted molar refractivity (Wildman–Crippen MR) is 75.9 cm³/mol. The Hall–Kier alpha value is 0.0700. The van der Waals surface area contributed by atoms with Gasteiger partial charge in [0.1, 0.15) is 0 Å². The lowest BCUT2D eigenvalue weighted by Gasteiger charge is -2.24. The van der Waals surface area contributed by atoms with E-state index in [1.54, 1.807) is 6.26 Å². The molecule has 0 aromatic carbocycles. The van der Waals surface area contributed by atoms with E-state index in [4.69, 9.17) is 0 Å². The molecule has 4 atom stereocenters. The normalized spacial score (nSPS) is 27.1. The van der Waals surface area contributed by atoms with E-state index >= 15 is 0 Å². The maximum Gasteiger partial charge on any atom is 0.0383 e. The van der Waals surface area contributed by atoms with Crippen molar-refractivity contribution in [2.45, 2.75) is 64.1 Å². The lowest BCUT2D eigenvalue weighted by Crippen LogP contribution is -2.42. The van der Waals surface area contributed by atoms with Crippen LogP contribution in [-0.4, -0.2) is 40.9 Å². The highest BCUT2D eigenvalue weighted by molar-refractivity contribution is 7.84. The number of hydrogen-bond donors (Lipinski definition) is 2. The lowest BCUT2D eigenvalue weighted by atomic mass is 10.0. The molecule has 0 aliphatic carbocycles. The Morgan fingerprint density at radius 1 is 1.29 bits per heavy atom. The minimum atomic E-state index is -0.700. The van der Waals surface area contributed by atoms with Crippen LogP contribution in [0.3, 0.4) is 0 Å². The van der Waals surface area contributed by atoms with Crippen LogP contribution in [0.4, 0.5) is 0 Å². The maximum atomic E-state index is 11.1. The van der Waals surface area contributed by atoms with Gasteiger partial charge < -0.3 is 10.6 Å². The van der Waals surface area contributed by atoms with Gasteiger partial charge >= 0.3 is 0 Å². The highest BCUT2D eigenvalue weighted by Gasteiger charge is 2.16. The zero-order valence-corrected chi connectivity index (χ0v) is 12.3. The molecule has 4 unspecified atom stereocenters. The summed E-state index contributed by atoms with van der Waals surface area (Å²) in [6.07, 6.45) is 8.31. The average molecular weight is 260 g/mol. The monoisotopic (exact) mass is 260 g/mol. The van der Waals surface area contributed by atoms with Crippen molar-refractivity contribution in [3.8, 4) is 0 Å². The fourth-order valence-electron chi connectivity index (χ4n) is 2.68. The highest BCUT2D eigenvalue weighted by atomic mass is 32.2. The van der Waals surface area contributed by atoms with E-state index in [0.717, 1.165) is 5.75 Å². The SMILES string of the molecule is CC(CC1CCCCCN1)NC(C)CS(C)=O. The van der Waals surface area contributed by atoms with E-state index in [-0.39, 0.29) is 0 Å². The van der Waals surface area contributed by atoms with Crippen molar-refractivity contribution < 1.29 is 4.21 Å². The van der Waals surface area contributed by atoms with Crippen LogP contribution < -0.4 is 10.6 Å². The first-order chi connectivity index (χ1) is 8.08. The fraction of sp³-hybridized carbons (Fsp3) is 1.00. The Balaban J connectivity index is 2.22. The smallest absolute Gasteiger partial charge is 0.0383 e. The summed E-state index contributed by atoms with van der Waals surface area (Å²) in [6, 6.07) is 1.52. The van der Waals surface area contributed by atoms with Gasteiger partial charge in [-0.25, -0.2) is 0 Å². The van der Waals surface area contributed by atoms with Gasteiger partial charge in [-0.1, -0.05) is 12.8 Å². The van der Waals surface area contributed by atoms with Crippen LogP contribution in [-0.2, 0) is 10.8 Å². The standard InChI is InChI=1S/C13H28N2OS/c1-11(15-12(2)10-17(3)16)9-13-7-5-4-6-8-14-13/h11-15H,4-10H2,1-3H3. The molecule has 2 N–H and O–H groups in total.